The maximum atomic E-state index is 10.2. The molecule has 2 heteroatoms. The zero-order valence-electron chi connectivity index (χ0n) is 21.1. The second kappa shape index (κ2) is 6.96. The second-order valence-corrected chi connectivity index (χ2v) is 13.5. The van der Waals surface area contributed by atoms with Crippen LogP contribution in [0.25, 0.3) is 0 Å². The highest BCUT2D eigenvalue weighted by atomic mass is 16.3. The molecule has 0 aromatic carbocycles. The molecular formula is C32H41NO. The Bertz CT molecular complexity index is 1090. The van der Waals surface area contributed by atoms with Crippen molar-refractivity contribution < 1.29 is 5.11 Å². The largest absolute Gasteiger partial charge is 0.396 e. The molecule has 1 N–H and O–H groups in total. The average Bonchev–Trinajstić information content (AvgIpc) is 3.17. The fourth-order valence-electron chi connectivity index (χ4n) is 11.0. The van der Waals surface area contributed by atoms with Crippen LogP contribution in [0.3, 0.4) is 0 Å². The zero-order valence-corrected chi connectivity index (χ0v) is 21.1. The average molecular weight is 456 g/mol. The molecule has 0 aromatic rings. The number of aliphatic hydroxyl groups is 1. The zero-order chi connectivity index (χ0) is 23.3. The molecule has 1 heterocycles. The van der Waals surface area contributed by atoms with Gasteiger partial charge in [0.15, 0.2) is 0 Å². The molecule has 180 valence electrons. The van der Waals surface area contributed by atoms with Crippen LogP contribution >= 0.6 is 0 Å². The highest BCUT2D eigenvalue weighted by molar-refractivity contribution is 5.80. The summed E-state index contributed by atoms with van der Waals surface area (Å²) < 4.78 is 0. The van der Waals surface area contributed by atoms with E-state index in [4.69, 9.17) is 0 Å². The molecule has 2 bridgehead atoms. The van der Waals surface area contributed by atoms with Gasteiger partial charge in [-0.2, -0.15) is 0 Å². The van der Waals surface area contributed by atoms with Crippen molar-refractivity contribution in [2.45, 2.75) is 65.2 Å². The van der Waals surface area contributed by atoms with Gasteiger partial charge >= 0.3 is 0 Å². The lowest BCUT2D eigenvalue weighted by atomic mass is 9.42. The quantitative estimate of drug-likeness (QED) is 0.452. The molecule has 0 aromatic heterocycles. The van der Waals surface area contributed by atoms with E-state index in [1.54, 1.807) is 0 Å². The van der Waals surface area contributed by atoms with Gasteiger partial charge in [0.2, 0.25) is 0 Å². The van der Waals surface area contributed by atoms with Crippen LogP contribution in [0, 0.1) is 51.2 Å². The molecule has 34 heavy (non-hydrogen) atoms. The Balaban J connectivity index is 1.26. The smallest absolute Gasteiger partial charge is 0.0576 e. The van der Waals surface area contributed by atoms with Gasteiger partial charge in [0.05, 0.1) is 6.54 Å². The van der Waals surface area contributed by atoms with Crippen molar-refractivity contribution >= 4 is 6.21 Å². The highest BCUT2D eigenvalue weighted by Gasteiger charge is 2.83. The van der Waals surface area contributed by atoms with Gasteiger partial charge in [-0.3, -0.25) is 4.99 Å². The van der Waals surface area contributed by atoms with Crippen molar-refractivity contribution in [3.05, 3.63) is 59.8 Å². The predicted molar refractivity (Wildman–Crippen MR) is 139 cm³/mol. The lowest BCUT2D eigenvalue weighted by molar-refractivity contribution is 0.00296. The summed E-state index contributed by atoms with van der Waals surface area (Å²) in [6.45, 7) is 10.9. The molecule has 7 aliphatic rings. The van der Waals surface area contributed by atoms with Crippen molar-refractivity contribution in [3.63, 3.8) is 0 Å². The molecule has 0 saturated heterocycles. The summed E-state index contributed by atoms with van der Waals surface area (Å²) in [5.74, 6) is 3.12. The van der Waals surface area contributed by atoms with E-state index in [2.05, 4.69) is 61.9 Å². The number of hydrogen-bond donors (Lipinski definition) is 1. The van der Waals surface area contributed by atoms with Crippen molar-refractivity contribution in [2.24, 2.45) is 56.2 Å². The maximum Gasteiger partial charge on any atom is 0.0576 e. The minimum Gasteiger partial charge on any atom is -0.396 e. The minimum atomic E-state index is 0.275. The predicted octanol–water partition coefficient (Wildman–Crippen LogP) is 6.85. The SMILES string of the molecule is C=C1C=C2[C@@]34CC[C@@H]5CC=C[C@@]6([C@@H]1C6(C)C)[C@@]25CC=C[C@H]3C[C@@H](C[C@H](CO)CC1=CCN=C1)C4. The van der Waals surface area contributed by atoms with E-state index < -0.39 is 0 Å². The number of aliphatic imine (C=N–C) groups is 1. The van der Waals surface area contributed by atoms with Crippen LogP contribution in [0.4, 0.5) is 0 Å². The van der Waals surface area contributed by atoms with Gasteiger partial charge in [-0.15, -0.1) is 0 Å². The van der Waals surface area contributed by atoms with Crippen LogP contribution in [0.5, 0.6) is 0 Å². The molecule has 8 atom stereocenters. The summed E-state index contributed by atoms with van der Waals surface area (Å²) >= 11 is 0. The first-order valence-electron chi connectivity index (χ1n) is 13.9. The Labute approximate surface area is 205 Å². The molecule has 0 amide bonds. The Morgan fingerprint density at radius 3 is 2.94 bits per heavy atom. The first-order valence-corrected chi connectivity index (χ1v) is 13.9. The summed E-state index contributed by atoms with van der Waals surface area (Å²) in [5, 5.41) is 10.2. The van der Waals surface area contributed by atoms with E-state index in [1.807, 2.05) is 11.8 Å². The fraction of sp³-hybridized carbons (Fsp3) is 0.656. The number of allylic oxidation sites excluding steroid dienone is 8. The van der Waals surface area contributed by atoms with E-state index in [9.17, 15) is 5.11 Å². The summed E-state index contributed by atoms with van der Waals surface area (Å²) in [4.78, 5) is 4.37. The third-order valence-electron chi connectivity index (χ3n) is 12.0. The molecule has 3 saturated carbocycles. The van der Waals surface area contributed by atoms with Crippen LogP contribution in [0.2, 0.25) is 0 Å². The van der Waals surface area contributed by atoms with Gasteiger partial charge < -0.3 is 5.11 Å². The van der Waals surface area contributed by atoms with Gasteiger partial charge in [-0.1, -0.05) is 68.0 Å². The van der Waals surface area contributed by atoms with Crippen LogP contribution in [-0.2, 0) is 0 Å². The van der Waals surface area contributed by atoms with Crippen molar-refractivity contribution in [2.75, 3.05) is 13.2 Å². The highest BCUT2D eigenvalue weighted by Crippen LogP contribution is 2.89. The molecular weight excluding hydrogens is 414 g/mol. The molecule has 1 aliphatic heterocycles. The molecule has 2 nitrogen and oxygen atoms in total. The Hall–Kier alpha value is -1.67. The molecule has 3 spiro atoms. The minimum absolute atomic E-state index is 0.275. The van der Waals surface area contributed by atoms with E-state index in [1.165, 1.54) is 49.7 Å². The number of aliphatic hydroxyl groups excluding tert-OH is 1. The summed E-state index contributed by atoms with van der Waals surface area (Å²) in [6.07, 6.45) is 27.3. The third-order valence-corrected chi connectivity index (χ3v) is 12.0. The monoisotopic (exact) mass is 455 g/mol. The lowest BCUT2D eigenvalue weighted by Gasteiger charge is -2.61. The van der Waals surface area contributed by atoms with Gasteiger partial charge in [-0.25, -0.2) is 0 Å². The van der Waals surface area contributed by atoms with E-state index in [-0.39, 0.29) is 5.41 Å². The van der Waals surface area contributed by atoms with Crippen LogP contribution < -0.4 is 0 Å². The number of hydrogen-bond acceptors (Lipinski definition) is 2. The van der Waals surface area contributed by atoms with E-state index >= 15 is 0 Å². The van der Waals surface area contributed by atoms with Crippen molar-refractivity contribution in [3.8, 4) is 0 Å². The number of rotatable bonds is 5. The summed E-state index contributed by atoms with van der Waals surface area (Å²) in [6, 6.07) is 0. The Morgan fingerprint density at radius 1 is 1.26 bits per heavy atom. The fourth-order valence-corrected chi connectivity index (χ4v) is 11.0. The first-order chi connectivity index (χ1) is 16.4. The van der Waals surface area contributed by atoms with E-state index in [0.717, 1.165) is 25.3 Å². The van der Waals surface area contributed by atoms with Crippen LogP contribution in [0.1, 0.15) is 65.2 Å². The van der Waals surface area contributed by atoms with Crippen molar-refractivity contribution in [1.82, 2.24) is 0 Å². The van der Waals surface area contributed by atoms with Crippen LogP contribution in [-0.4, -0.2) is 24.5 Å². The molecule has 7 rings (SSSR count). The van der Waals surface area contributed by atoms with Crippen molar-refractivity contribution in [1.29, 1.82) is 0 Å². The second-order valence-electron chi connectivity index (χ2n) is 13.5. The summed E-state index contributed by atoms with van der Waals surface area (Å²) in [7, 11) is 0. The topological polar surface area (TPSA) is 32.6 Å². The normalized spacial score (nSPS) is 47.3. The van der Waals surface area contributed by atoms with Crippen LogP contribution in [0.15, 0.2) is 64.7 Å². The lowest BCUT2D eigenvalue weighted by Crippen LogP contribution is -2.53. The Morgan fingerprint density at radius 2 is 2.15 bits per heavy atom. The third kappa shape index (κ3) is 2.40. The van der Waals surface area contributed by atoms with Gasteiger partial charge in [0.1, 0.15) is 0 Å². The Kier molecular flexibility index (Phi) is 4.42. The molecule has 0 radical (unpaired) electrons. The first kappa shape index (κ1) is 21.6. The van der Waals surface area contributed by atoms with Gasteiger partial charge in [-0.05, 0) is 97.4 Å². The van der Waals surface area contributed by atoms with E-state index in [0.29, 0.717) is 46.5 Å². The van der Waals surface area contributed by atoms with Gasteiger partial charge in [0.25, 0.3) is 0 Å². The molecule has 0 unspecified atom stereocenters. The standard InChI is InChI=1S/C32H41NO/c1-21-14-27-30-12-8-25-6-5-11-32(28(21)29(32,2)3)31(25,27)10-4-7-26(30)17-23(18-30)16-24(20-34)15-22-9-13-33-19-22/h4-5,7,9,11,14,19,23-26,28,34H,1,6,8,10,12-13,15-18,20H2,2-3H3/t23-,24-,25+,26+,28+,30-,31-,32+/m1/s1. The summed E-state index contributed by atoms with van der Waals surface area (Å²) in [5.41, 5.74) is 5.75. The van der Waals surface area contributed by atoms with Gasteiger partial charge in [0, 0.05) is 23.7 Å². The molecule has 6 aliphatic carbocycles. The number of nitrogens with zero attached hydrogens (tertiary/aromatic N) is 1. The molecule has 3 fully saturated rings. The maximum absolute atomic E-state index is 10.2.